The van der Waals surface area contributed by atoms with Crippen LogP contribution < -0.4 is 0 Å². The van der Waals surface area contributed by atoms with Gasteiger partial charge in [-0.3, -0.25) is 0 Å². The summed E-state index contributed by atoms with van der Waals surface area (Å²) in [5.74, 6) is 0.169. The summed E-state index contributed by atoms with van der Waals surface area (Å²) in [6.07, 6.45) is 1.72. The van der Waals surface area contributed by atoms with Crippen LogP contribution >= 0.6 is 0 Å². The molecule has 76 valence electrons. The normalized spacial score (nSPS) is 17.1. The van der Waals surface area contributed by atoms with E-state index in [9.17, 15) is 5.11 Å². The highest BCUT2D eigenvalue weighted by atomic mass is 16.3. The number of aliphatic hydroxyl groups is 1. The predicted octanol–water partition coefficient (Wildman–Crippen LogP) is 2.42. The van der Waals surface area contributed by atoms with E-state index in [2.05, 4.69) is 6.58 Å². The van der Waals surface area contributed by atoms with E-state index in [1.807, 2.05) is 6.92 Å². The van der Waals surface area contributed by atoms with Crippen molar-refractivity contribution in [1.82, 2.24) is 0 Å². The highest BCUT2D eigenvalue weighted by molar-refractivity contribution is 5.30. The Morgan fingerprint density at radius 3 is 2.29 bits per heavy atom. The molecule has 2 heteroatoms. The highest BCUT2D eigenvalue weighted by Crippen LogP contribution is 2.30. The minimum Gasteiger partial charge on any atom is -0.508 e. The maximum Gasteiger partial charge on any atom is 0.115 e. The van der Waals surface area contributed by atoms with E-state index in [1.165, 1.54) is 0 Å². The first-order valence-electron chi connectivity index (χ1n) is 4.63. The van der Waals surface area contributed by atoms with Crippen LogP contribution in [0.4, 0.5) is 0 Å². The van der Waals surface area contributed by atoms with Crippen molar-refractivity contribution < 1.29 is 10.2 Å². The van der Waals surface area contributed by atoms with Crippen LogP contribution in [0, 0.1) is 5.92 Å². The van der Waals surface area contributed by atoms with E-state index in [1.54, 1.807) is 37.3 Å². The van der Waals surface area contributed by atoms with Gasteiger partial charge in [0.2, 0.25) is 0 Å². The largest absolute Gasteiger partial charge is 0.508 e. The minimum absolute atomic E-state index is 0.0351. The summed E-state index contributed by atoms with van der Waals surface area (Å²) in [5.41, 5.74) is -0.155. The minimum atomic E-state index is -0.935. The molecule has 0 aliphatic carbocycles. The van der Waals surface area contributed by atoms with Crippen LogP contribution in [0.3, 0.4) is 0 Å². The van der Waals surface area contributed by atoms with Crippen LogP contribution in [0.5, 0.6) is 5.75 Å². The lowest BCUT2D eigenvalue weighted by Crippen LogP contribution is -2.28. The summed E-state index contributed by atoms with van der Waals surface area (Å²) in [7, 11) is 0. The summed E-state index contributed by atoms with van der Waals surface area (Å²) < 4.78 is 0. The average molecular weight is 192 g/mol. The van der Waals surface area contributed by atoms with Crippen molar-refractivity contribution in [1.29, 1.82) is 0 Å². The lowest BCUT2D eigenvalue weighted by molar-refractivity contribution is 0.0205. The Morgan fingerprint density at radius 2 is 1.86 bits per heavy atom. The van der Waals surface area contributed by atoms with E-state index in [0.717, 1.165) is 5.56 Å². The monoisotopic (exact) mass is 192 g/mol. The molecule has 0 unspecified atom stereocenters. The topological polar surface area (TPSA) is 40.5 Å². The standard InChI is InChI=1S/C12H16O2/c1-4-9(2)12(3,14)10-5-7-11(13)8-6-10/h4-9,13-14H,1H2,2-3H3/t9-,12+/m0/s1. The van der Waals surface area contributed by atoms with Crippen molar-refractivity contribution in [3.05, 3.63) is 42.5 Å². The van der Waals surface area contributed by atoms with E-state index in [4.69, 9.17) is 5.11 Å². The third-order valence-corrected chi connectivity index (χ3v) is 2.69. The molecule has 0 spiro atoms. The summed E-state index contributed by atoms with van der Waals surface area (Å²) in [4.78, 5) is 0. The van der Waals surface area contributed by atoms with Gasteiger partial charge in [0.15, 0.2) is 0 Å². The van der Waals surface area contributed by atoms with Crippen LogP contribution in [0.1, 0.15) is 19.4 Å². The maximum absolute atomic E-state index is 10.2. The molecule has 1 aromatic carbocycles. The average Bonchev–Trinajstić information content (AvgIpc) is 2.17. The molecule has 0 heterocycles. The van der Waals surface area contributed by atoms with Gasteiger partial charge in [0.1, 0.15) is 5.75 Å². The Labute approximate surface area is 84.5 Å². The van der Waals surface area contributed by atoms with Crippen LogP contribution in [0.15, 0.2) is 36.9 Å². The van der Waals surface area contributed by atoms with Crippen LogP contribution in [-0.4, -0.2) is 10.2 Å². The number of phenolic OH excluding ortho intramolecular Hbond substituents is 1. The Hall–Kier alpha value is -1.28. The summed E-state index contributed by atoms with van der Waals surface area (Å²) >= 11 is 0. The number of benzene rings is 1. The summed E-state index contributed by atoms with van der Waals surface area (Å²) in [5, 5.41) is 19.3. The molecule has 0 saturated heterocycles. The van der Waals surface area contributed by atoms with Crippen LogP contribution in [0.25, 0.3) is 0 Å². The van der Waals surface area contributed by atoms with Crippen molar-refractivity contribution in [2.75, 3.05) is 0 Å². The molecule has 2 atom stereocenters. The van der Waals surface area contributed by atoms with Gasteiger partial charge in [0, 0.05) is 5.92 Å². The van der Waals surface area contributed by atoms with Crippen molar-refractivity contribution >= 4 is 0 Å². The molecule has 1 rings (SSSR count). The molecule has 0 saturated carbocycles. The summed E-state index contributed by atoms with van der Waals surface area (Å²) in [6, 6.07) is 6.57. The third-order valence-electron chi connectivity index (χ3n) is 2.69. The number of hydrogen-bond acceptors (Lipinski definition) is 2. The van der Waals surface area contributed by atoms with Crippen LogP contribution in [-0.2, 0) is 5.60 Å². The number of phenols is 1. The van der Waals surface area contributed by atoms with Gasteiger partial charge in [0.05, 0.1) is 5.60 Å². The fraction of sp³-hybridized carbons (Fsp3) is 0.333. The van der Waals surface area contributed by atoms with Crippen LogP contribution in [0.2, 0.25) is 0 Å². The van der Waals surface area contributed by atoms with E-state index in [-0.39, 0.29) is 11.7 Å². The zero-order valence-electron chi connectivity index (χ0n) is 8.57. The lowest BCUT2D eigenvalue weighted by atomic mass is 9.84. The van der Waals surface area contributed by atoms with Gasteiger partial charge >= 0.3 is 0 Å². The van der Waals surface area contributed by atoms with Crippen molar-refractivity contribution in [2.24, 2.45) is 5.92 Å². The highest BCUT2D eigenvalue weighted by Gasteiger charge is 2.27. The lowest BCUT2D eigenvalue weighted by Gasteiger charge is -2.28. The Kier molecular flexibility index (Phi) is 2.96. The SMILES string of the molecule is C=C[C@H](C)[C@@](C)(O)c1ccc(O)cc1. The smallest absolute Gasteiger partial charge is 0.115 e. The van der Waals surface area contributed by atoms with Gasteiger partial charge in [0.25, 0.3) is 0 Å². The van der Waals surface area contributed by atoms with Gasteiger partial charge in [-0.05, 0) is 24.6 Å². The first-order chi connectivity index (χ1) is 6.48. The zero-order valence-corrected chi connectivity index (χ0v) is 8.57. The molecule has 0 aliphatic rings. The quantitative estimate of drug-likeness (QED) is 0.722. The van der Waals surface area contributed by atoms with Gasteiger partial charge in [-0.15, -0.1) is 6.58 Å². The predicted molar refractivity (Wildman–Crippen MR) is 57.0 cm³/mol. The van der Waals surface area contributed by atoms with Crippen molar-refractivity contribution in [2.45, 2.75) is 19.4 Å². The van der Waals surface area contributed by atoms with E-state index < -0.39 is 5.60 Å². The molecule has 14 heavy (non-hydrogen) atoms. The number of aromatic hydroxyl groups is 1. The van der Waals surface area contributed by atoms with Crippen molar-refractivity contribution in [3.63, 3.8) is 0 Å². The molecule has 1 aromatic rings. The molecule has 0 fully saturated rings. The molecule has 0 aromatic heterocycles. The van der Waals surface area contributed by atoms with Gasteiger partial charge < -0.3 is 10.2 Å². The second-order valence-electron chi connectivity index (χ2n) is 3.72. The zero-order chi connectivity index (χ0) is 10.8. The molecule has 2 nitrogen and oxygen atoms in total. The second-order valence-corrected chi connectivity index (χ2v) is 3.72. The Morgan fingerprint density at radius 1 is 1.36 bits per heavy atom. The number of rotatable bonds is 3. The van der Waals surface area contributed by atoms with Gasteiger partial charge in [-0.25, -0.2) is 0 Å². The maximum atomic E-state index is 10.2. The number of hydrogen-bond donors (Lipinski definition) is 2. The molecule has 2 N–H and O–H groups in total. The molecule has 0 amide bonds. The Bertz CT molecular complexity index is 312. The first-order valence-corrected chi connectivity index (χ1v) is 4.63. The van der Waals surface area contributed by atoms with Gasteiger partial charge in [-0.1, -0.05) is 25.1 Å². The molecular weight excluding hydrogens is 176 g/mol. The molecular formula is C12H16O2. The fourth-order valence-electron chi connectivity index (χ4n) is 1.29. The second kappa shape index (κ2) is 3.84. The molecule has 0 bridgehead atoms. The van der Waals surface area contributed by atoms with E-state index in [0.29, 0.717) is 0 Å². The van der Waals surface area contributed by atoms with Crippen molar-refractivity contribution in [3.8, 4) is 5.75 Å². The molecule has 0 aliphatic heterocycles. The summed E-state index contributed by atoms with van der Waals surface area (Å²) in [6.45, 7) is 7.30. The van der Waals surface area contributed by atoms with Gasteiger partial charge in [-0.2, -0.15) is 0 Å². The molecule has 0 radical (unpaired) electrons. The van der Waals surface area contributed by atoms with E-state index >= 15 is 0 Å². The Balaban J connectivity index is 3.03. The third kappa shape index (κ3) is 1.96. The first kappa shape index (κ1) is 10.8. The fourth-order valence-corrected chi connectivity index (χ4v) is 1.29.